The second kappa shape index (κ2) is 8.00. The van der Waals surface area contributed by atoms with Crippen molar-refractivity contribution in [2.75, 3.05) is 11.5 Å². The molecule has 0 heterocycles. The highest BCUT2D eigenvalue weighted by Crippen LogP contribution is 2.63. The number of carboxylic acid groups (broad SMARTS) is 1. The molecule has 0 aliphatic heterocycles. The van der Waals surface area contributed by atoms with Crippen molar-refractivity contribution < 1.29 is 32.4 Å². The van der Waals surface area contributed by atoms with Gasteiger partial charge in [-0.2, -0.15) is 13.2 Å². The van der Waals surface area contributed by atoms with E-state index >= 15 is 0 Å². The molecule has 1 aliphatic rings. The zero-order chi connectivity index (χ0) is 21.3. The molecule has 6 atom stereocenters. The number of nitrogens with one attached hydrogen (secondary N) is 1. The number of alkyl halides is 3. The molecule has 158 valence electrons. The van der Waals surface area contributed by atoms with Crippen molar-refractivity contribution in [3.8, 4) is 0 Å². The highest BCUT2D eigenvalue weighted by molar-refractivity contribution is 7.92. The summed E-state index contributed by atoms with van der Waals surface area (Å²) >= 11 is 0. The first kappa shape index (κ1) is 22.6. The van der Waals surface area contributed by atoms with E-state index in [-0.39, 0.29) is 6.42 Å². The molecule has 10 heteroatoms. The molecule has 1 aromatic rings. The zero-order valence-corrected chi connectivity index (χ0v) is 16.2. The number of hydrogen-bond donors (Lipinski definition) is 4. The van der Waals surface area contributed by atoms with Gasteiger partial charge in [0.25, 0.3) is 0 Å². The summed E-state index contributed by atoms with van der Waals surface area (Å²) < 4.78 is 61.3. The lowest BCUT2D eigenvalue weighted by molar-refractivity contribution is -0.270. The highest BCUT2D eigenvalue weighted by atomic mass is 32.2. The van der Waals surface area contributed by atoms with Gasteiger partial charge in [-0.3, -0.25) is 9.57 Å². The quantitative estimate of drug-likeness (QED) is 0.487. The van der Waals surface area contributed by atoms with Crippen molar-refractivity contribution in [3.63, 3.8) is 0 Å². The van der Waals surface area contributed by atoms with Crippen LogP contribution in [0.25, 0.3) is 0 Å². The van der Waals surface area contributed by atoms with E-state index in [1.165, 1.54) is 0 Å². The second-order valence-corrected chi connectivity index (χ2v) is 9.89. The van der Waals surface area contributed by atoms with Gasteiger partial charge in [-0.1, -0.05) is 37.3 Å². The molecular weight excluding hydrogens is 397 g/mol. The fraction of sp³-hybridized carbons (Fsp3) is 0.611. The van der Waals surface area contributed by atoms with Crippen molar-refractivity contribution in [1.29, 1.82) is 4.78 Å². The molecule has 0 spiro atoms. The van der Waals surface area contributed by atoms with Gasteiger partial charge in [-0.05, 0) is 30.2 Å². The van der Waals surface area contributed by atoms with E-state index < -0.39 is 69.2 Å². The first-order valence-corrected chi connectivity index (χ1v) is 10.8. The topological polar surface area (TPSA) is 124 Å². The van der Waals surface area contributed by atoms with Gasteiger partial charge in [0.2, 0.25) is 0 Å². The Morgan fingerprint density at radius 2 is 1.86 bits per heavy atom. The summed E-state index contributed by atoms with van der Waals surface area (Å²) in [5, 5.41) is 19.3. The van der Waals surface area contributed by atoms with E-state index in [2.05, 4.69) is 0 Å². The van der Waals surface area contributed by atoms with Crippen LogP contribution in [0, 0.1) is 16.6 Å². The number of nitrogens with two attached hydrogens (primary N) is 1. The Hall–Kier alpha value is -1.65. The highest BCUT2D eigenvalue weighted by Gasteiger charge is 2.69. The van der Waals surface area contributed by atoms with Crippen LogP contribution < -0.4 is 5.73 Å². The van der Waals surface area contributed by atoms with Gasteiger partial charge in [0.05, 0.1) is 0 Å². The number of benzene rings is 1. The summed E-state index contributed by atoms with van der Waals surface area (Å²) in [6.45, 7) is 1.63. The second-order valence-electron chi connectivity index (χ2n) is 7.45. The van der Waals surface area contributed by atoms with Gasteiger partial charge < -0.3 is 15.9 Å². The number of halogens is 3. The van der Waals surface area contributed by atoms with Gasteiger partial charge in [-0.25, -0.2) is 4.21 Å². The van der Waals surface area contributed by atoms with E-state index in [9.17, 15) is 27.3 Å². The van der Waals surface area contributed by atoms with Crippen molar-refractivity contribution in [2.24, 2.45) is 17.6 Å². The summed E-state index contributed by atoms with van der Waals surface area (Å²) in [5.41, 5.74) is 2.93. The number of aliphatic hydroxyl groups is 1. The third-order valence-electron chi connectivity index (χ3n) is 5.49. The molecule has 1 aromatic carbocycles. The first-order valence-electron chi connectivity index (χ1n) is 8.87. The van der Waals surface area contributed by atoms with Gasteiger partial charge >= 0.3 is 12.1 Å². The van der Waals surface area contributed by atoms with Crippen molar-refractivity contribution >= 4 is 15.7 Å². The van der Waals surface area contributed by atoms with E-state index in [1.807, 2.05) is 0 Å². The zero-order valence-electron chi connectivity index (χ0n) is 15.4. The third-order valence-corrected chi connectivity index (χ3v) is 7.25. The Labute approximate surface area is 161 Å². The molecule has 5 N–H and O–H groups in total. The predicted octanol–water partition coefficient (Wildman–Crippen LogP) is 2.57. The van der Waals surface area contributed by atoms with Crippen LogP contribution in [0.3, 0.4) is 0 Å². The maximum Gasteiger partial charge on any atom is 0.417 e. The number of hydrogen-bond acceptors (Lipinski definition) is 5. The minimum atomic E-state index is -4.94. The molecule has 3 unspecified atom stereocenters. The normalized spacial score (nSPS) is 27.4. The Morgan fingerprint density at radius 1 is 1.29 bits per heavy atom. The Kier molecular flexibility index (Phi) is 6.47. The van der Waals surface area contributed by atoms with Crippen molar-refractivity contribution in [1.82, 2.24) is 0 Å². The SMILES string of the molecule is C[C@@H]1C(C(O)(CCS(=N)(=O)CC[C@H](N)C(=O)O)C(F)(F)F)[C@@H]1c1ccccc1. The van der Waals surface area contributed by atoms with Crippen LogP contribution in [0.2, 0.25) is 0 Å². The number of rotatable bonds is 9. The Morgan fingerprint density at radius 3 is 2.36 bits per heavy atom. The Balaban J connectivity index is 2.13. The third kappa shape index (κ3) is 4.84. The van der Waals surface area contributed by atoms with Crippen LogP contribution in [0.15, 0.2) is 30.3 Å². The fourth-order valence-corrected chi connectivity index (χ4v) is 5.22. The van der Waals surface area contributed by atoms with Crippen molar-refractivity contribution in [2.45, 2.75) is 43.5 Å². The fourth-order valence-electron chi connectivity index (χ4n) is 3.74. The largest absolute Gasteiger partial charge is 0.480 e. The van der Waals surface area contributed by atoms with Gasteiger partial charge in [-0.15, -0.1) is 0 Å². The molecule has 28 heavy (non-hydrogen) atoms. The molecule has 6 nitrogen and oxygen atoms in total. The first-order chi connectivity index (χ1) is 12.8. The summed E-state index contributed by atoms with van der Waals surface area (Å²) in [6.07, 6.45) is -6.10. The molecule has 0 aromatic heterocycles. The summed E-state index contributed by atoms with van der Waals surface area (Å²) in [7, 11) is -3.51. The van der Waals surface area contributed by atoms with E-state index in [4.69, 9.17) is 15.6 Å². The number of aliphatic carboxylic acids is 1. The molecule has 0 radical (unpaired) electrons. The smallest absolute Gasteiger partial charge is 0.417 e. The average Bonchev–Trinajstić information content (AvgIpc) is 3.29. The average molecular weight is 422 g/mol. The maximum atomic E-state index is 13.8. The number of carbonyl (C=O) groups is 1. The molecule has 1 fully saturated rings. The van der Waals surface area contributed by atoms with Gasteiger partial charge in [0.15, 0.2) is 5.60 Å². The molecule has 1 saturated carbocycles. The van der Waals surface area contributed by atoms with Crippen LogP contribution in [-0.4, -0.2) is 49.7 Å². The van der Waals surface area contributed by atoms with Gasteiger partial charge in [0.1, 0.15) is 6.04 Å². The van der Waals surface area contributed by atoms with E-state index in [1.54, 1.807) is 37.3 Å². The lowest BCUT2D eigenvalue weighted by atomic mass is 9.90. The molecule has 0 amide bonds. The molecule has 1 aliphatic carbocycles. The molecule has 2 rings (SSSR count). The summed E-state index contributed by atoms with van der Waals surface area (Å²) in [5.74, 6) is -4.44. The molecule has 0 saturated heterocycles. The number of carboxylic acids is 1. The summed E-state index contributed by atoms with van der Waals surface area (Å²) in [6, 6.07) is 7.26. The van der Waals surface area contributed by atoms with Crippen LogP contribution in [0.4, 0.5) is 13.2 Å². The minimum absolute atomic E-state index is 0.283. The van der Waals surface area contributed by atoms with E-state index in [0.717, 1.165) is 0 Å². The standard InChI is InChI=1S/C18H25F3N2O4S/c1-11-14(12-5-3-2-4-6-12)15(11)17(26,18(19,20)21)8-10-28(23,27)9-7-13(22)16(24)25/h2-6,11,13-15,23,26H,7-10,22H2,1H3,(H,24,25)/t11-,13-,14-,15?,17?,28?/m0/s1. The lowest BCUT2D eigenvalue weighted by Gasteiger charge is -2.32. The lowest BCUT2D eigenvalue weighted by Crippen LogP contribution is -2.49. The van der Waals surface area contributed by atoms with Crippen LogP contribution in [-0.2, 0) is 14.5 Å². The summed E-state index contributed by atoms with van der Waals surface area (Å²) in [4.78, 5) is 10.7. The monoisotopic (exact) mass is 422 g/mol. The molecule has 0 bridgehead atoms. The van der Waals surface area contributed by atoms with Crippen LogP contribution in [0.1, 0.15) is 31.2 Å². The minimum Gasteiger partial charge on any atom is -0.480 e. The van der Waals surface area contributed by atoms with Crippen molar-refractivity contribution in [3.05, 3.63) is 35.9 Å². The Bertz CT molecular complexity index is 801. The van der Waals surface area contributed by atoms with Gasteiger partial charge in [0, 0.05) is 27.2 Å². The van der Waals surface area contributed by atoms with Crippen LogP contribution in [0.5, 0.6) is 0 Å². The van der Waals surface area contributed by atoms with Crippen LogP contribution >= 0.6 is 0 Å². The maximum absolute atomic E-state index is 13.8. The predicted molar refractivity (Wildman–Crippen MR) is 98.3 cm³/mol. The molecular formula is C18H25F3N2O4S. The van der Waals surface area contributed by atoms with E-state index in [0.29, 0.717) is 5.56 Å².